The van der Waals surface area contributed by atoms with Gasteiger partial charge in [0.15, 0.2) is 11.5 Å². The number of aryl methyl sites for hydroxylation is 1. The van der Waals surface area contributed by atoms with Crippen LogP contribution in [0.2, 0.25) is 0 Å². The van der Waals surface area contributed by atoms with Gasteiger partial charge in [0.05, 0.1) is 17.6 Å². The molecule has 0 atom stereocenters. The third kappa shape index (κ3) is 3.37. The maximum atomic E-state index is 13.3. The summed E-state index contributed by atoms with van der Waals surface area (Å²) >= 11 is 0. The Morgan fingerprint density at radius 3 is 2.64 bits per heavy atom. The Kier molecular flexibility index (Phi) is 4.50. The third-order valence-corrected chi connectivity index (χ3v) is 6.97. The lowest BCUT2D eigenvalue weighted by Crippen LogP contribution is -2.28. The highest BCUT2D eigenvalue weighted by atomic mass is 16.7. The molecule has 2 aliphatic heterocycles. The molecule has 1 amide bonds. The van der Waals surface area contributed by atoms with Gasteiger partial charge < -0.3 is 24.4 Å². The van der Waals surface area contributed by atoms with E-state index in [1.807, 2.05) is 24.3 Å². The zero-order valence-corrected chi connectivity index (χ0v) is 18.8. The molecular formula is C27H26N2O4. The molecule has 1 aliphatic carbocycles. The van der Waals surface area contributed by atoms with Crippen LogP contribution in [0.3, 0.4) is 0 Å². The lowest BCUT2D eigenvalue weighted by molar-refractivity contribution is -0.118. The molecular weight excluding hydrogens is 416 g/mol. The molecule has 3 aromatic rings. The van der Waals surface area contributed by atoms with Gasteiger partial charge in [-0.15, -0.1) is 0 Å². The van der Waals surface area contributed by atoms with E-state index in [-0.39, 0.29) is 12.7 Å². The summed E-state index contributed by atoms with van der Waals surface area (Å²) in [4.78, 5) is 15.6. The molecule has 168 valence electrons. The van der Waals surface area contributed by atoms with Gasteiger partial charge in [-0.1, -0.05) is 18.2 Å². The fourth-order valence-electron chi connectivity index (χ4n) is 4.75. The molecule has 1 N–H and O–H groups in total. The number of likely N-dealkylation sites (N-methyl/N-ethyl adjacent to an activating group) is 1. The normalized spacial score (nSPS) is 17.2. The Morgan fingerprint density at radius 2 is 1.79 bits per heavy atom. The Labute approximate surface area is 193 Å². The van der Waals surface area contributed by atoms with Gasteiger partial charge in [-0.2, -0.15) is 0 Å². The number of carbonyl (C=O) groups excluding carboxylic acids is 1. The van der Waals surface area contributed by atoms with Crippen molar-refractivity contribution in [1.29, 1.82) is 0 Å². The van der Waals surface area contributed by atoms with Crippen molar-refractivity contribution in [3.63, 3.8) is 0 Å². The smallest absolute Gasteiger partial charge is 0.235 e. The van der Waals surface area contributed by atoms with Crippen LogP contribution in [0.25, 0.3) is 11.1 Å². The van der Waals surface area contributed by atoms with E-state index in [1.54, 1.807) is 0 Å². The predicted octanol–water partition coefficient (Wildman–Crippen LogP) is 4.89. The summed E-state index contributed by atoms with van der Waals surface area (Å²) in [6.45, 7) is 3.89. The summed E-state index contributed by atoms with van der Waals surface area (Å²) in [5, 5.41) is 3.17. The van der Waals surface area contributed by atoms with Crippen LogP contribution in [0.4, 0.5) is 11.4 Å². The maximum absolute atomic E-state index is 13.3. The van der Waals surface area contributed by atoms with E-state index >= 15 is 0 Å². The van der Waals surface area contributed by atoms with E-state index in [4.69, 9.17) is 14.2 Å². The summed E-state index contributed by atoms with van der Waals surface area (Å²) < 4.78 is 16.8. The first kappa shape index (κ1) is 20.0. The van der Waals surface area contributed by atoms with Gasteiger partial charge in [0.2, 0.25) is 12.7 Å². The Bertz CT molecular complexity index is 1260. The van der Waals surface area contributed by atoms with E-state index in [0.717, 1.165) is 64.5 Å². The molecule has 0 unspecified atom stereocenters. The van der Waals surface area contributed by atoms with Crippen LogP contribution in [-0.4, -0.2) is 32.9 Å². The molecule has 6 heteroatoms. The number of hydrogen-bond acceptors (Lipinski definition) is 5. The van der Waals surface area contributed by atoms with Crippen LogP contribution >= 0.6 is 0 Å². The average molecular weight is 443 g/mol. The number of fused-ring (bicyclic) bond motifs is 2. The second kappa shape index (κ2) is 7.44. The SMILES string of the molecule is Cc1ccc(NC(=O)C2(c3ccc4c(c3)OCO4)CC2)cc1-c1ccc2c(c1)OCCN2C. The van der Waals surface area contributed by atoms with Crippen LogP contribution < -0.4 is 24.4 Å². The van der Waals surface area contributed by atoms with E-state index in [2.05, 4.69) is 54.5 Å². The quantitative estimate of drug-likeness (QED) is 0.624. The molecule has 6 rings (SSSR count). The summed E-state index contributed by atoms with van der Waals surface area (Å²) in [6, 6.07) is 18.2. The van der Waals surface area contributed by atoms with Crippen LogP contribution in [-0.2, 0) is 10.2 Å². The molecule has 0 aromatic heterocycles. The highest BCUT2D eigenvalue weighted by molar-refractivity contribution is 6.02. The van der Waals surface area contributed by atoms with Crippen molar-refractivity contribution in [1.82, 2.24) is 0 Å². The molecule has 0 saturated heterocycles. The minimum atomic E-state index is -0.504. The molecule has 3 aromatic carbocycles. The number of amides is 1. The van der Waals surface area contributed by atoms with Gasteiger partial charge in [0.25, 0.3) is 0 Å². The number of rotatable bonds is 4. The lowest BCUT2D eigenvalue weighted by atomic mass is 9.94. The molecule has 1 saturated carbocycles. The molecule has 0 radical (unpaired) electrons. The first-order valence-electron chi connectivity index (χ1n) is 11.3. The number of benzene rings is 3. The van der Waals surface area contributed by atoms with Crippen molar-refractivity contribution in [2.24, 2.45) is 0 Å². The Morgan fingerprint density at radius 1 is 0.939 bits per heavy atom. The van der Waals surface area contributed by atoms with Gasteiger partial charge in [-0.3, -0.25) is 4.79 Å². The minimum Gasteiger partial charge on any atom is -0.490 e. The largest absolute Gasteiger partial charge is 0.490 e. The van der Waals surface area contributed by atoms with E-state index < -0.39 is 5.41 Å². The predicted molar refractivity (Wildman–Crippen MR) is 127 cm³/mol. The fourth-order valence-corrected chi connectivity index (χ4v) is 4.75. The van der Waals surface area contributed by atoms with Crippen LogP contribution in [0, 0.1) is 6.92 Å². The molecule has 1 fully saturated rings. The number of carbonyl (C=O) groups is 1. The molecule has 0 bridgehead atoms. The topological polar surface area (TPSA) is 60.0 Å². The van der Waals surface area contributed by atoms with Crippen LogP contribution in [0.15, 0.2) is 54.6 Å². The summed E-state index contributed by atoms with van der Waals surface area (Å²) in [6.07, 6.45) is 1.65. The third-order valence-electron chi connectivity index (χ3n) is 6.97. The standard InChI is InChI=1S/C27H26N2O4/c1-17-3-6-20(15-21(17)18-4-7-22-24(13-18)31-12-11-29(22)2)28-26(30)27(9-10-27)19-5-8-23-25(14-19)33-16-32-23/h3-8,13-15H,9-12,16H2,1-2H3,(H,28,30). The van der Waals surface area contributed by atoms with Crippen molar-refractivity contribution >= 4 is 17.3 Å². The molecule has 33 heavy (non-hydrogen) atoms. The molecule has 3 aliphatic rings. The van der Waals surface area contributed by atoms with Gasteiger partial charge >= 0.3 is 0 Å². The van der Waals surface area contributed by atoms with Crippen LogP contribution in [0.1, 0.15) is 24.0 Å². The van der Waals surface area contributed by atoms with Crippen molar-refractivity contribution in [3.8, 4) is 28.4 Å². The Hall–Kier alpha value is -3.67. The zero-order valence-electron chi connectivity index (χ0n) is 18.8. The number of nitrogens with one attached hydrogen (secondary N) is 1. The second-order valence-corrected chi connectivity index (χ2v) is 9.09. The lowest BCUT2D eigenvalue weighted by Gasteiger charge is -2.28. The van der Waals surface area contributed by atoms with Crippen molar-refractivity contribution in [3.05, 3.63) is 65.7 Å². The monoisotopic (exact) mass is 442 g/mol. The number of nitrogens with zero attached hydrogens (tertiary/aromatic N) is 1. The minimum absolute atomic E-state index is 0.0200. The summed E-state index contributed by atoms with van der Waals surface area (Å²) in [5.74, 6) is 2.37. The summed E-state index contributed by atoms with van der Waals surface area (Å²) in [5.41, 5.74) is 5.68. The molecule has 6 nitrogen and oxygen atoms in total. The molecule has 0 spiro atoms. The van der Waals surface area contributed by atoms with Gasteiger partial charge in [-0.25, -0.2) is 0 Å². The Balaban J connectivity index is 1.27. The van der Waals surface area contributed by atoms with Crippen molar-refractivity contribution in [2.75, 3.05) is 37.2 Å². The molecule has 2 heterocycles. The van der Waals surface area contributed by atoms with E-state index in [9.17, 15) is 4.79 Å². The fraction of sp³-hybridized carbons (Fsp3) is 0.296. The van der Waals surface area contributed by atoms with E-state index in [0.29, 0.717) is 12.4 Å². The highest BCUT2D eigenvalue weighted by Crippen LogP contribution is 2.51. The number of ether oxygens (including phenoxy) is 3. The second-order valence-electron chi connectivity index (χ2n) is 9.09. The highest BCUT2D eigenvalue weighted by Gasteiger charge is 2.51. The zero-order chi connectivity index (χ0) is 22.6. The van der Waals surface area contributed by atoms with E-state index in [1.165, 1.54) is 0 Å². The first-order valence-corrected chi connectivity index (χ1v) is 11.3. The maximum Gasteiger partial charge on any atom is 0.235 e. The first-order chi connectivity index (χ1) is 16.0. The van der Waals surface area contributed by atoms with Crippen molar-refractivity contribution < 1.29 is 19.0 Å². The average Bonchev–Trinajstić information content (AvgIpc) is 3.51. The van der Waals surface area contributed by atoms with Gasteiger partial charge in [-0.05, 0) is 78.4 Å². The van der Waals surface area contributed by atoms with Crippen molar-refractivity contribution in [2.45, 2.75) is 25.2 Å². The van der Waals surface area contributed by atoms with Crippen LogP contribution in [0.5, 0.6) is 17.2 Å². The summed E-state index contributed by atoms with van der Waals surface area (Å²) in [7, 11) is 2.08. The van der Waals surface area contributed by atoms with Gasteiger partial charge in [0, 0.05) is 12.7 Å². The number of anilines is 2. The van der Waals surface area contributed by atoms with Gasteiger partial charge in [0.1, 0.15) is 12.4 Å². The number of hydrogen-bond donors (Lipinski definition) is 1.